The van der Waals surface area contributed by atoms with Gasteiger partial charge in [-0.1, -0.05) is 154 Å². The van der Waals surface area contributed by atoms with Crippen LogP contribution in [-0.2, 0) is 0 Å². The van der Waals surface area contributed by atoms with Crippen LogP contribution in [0.2, 0.25) is 0 Å². The minimum atomic E-state index is 1.30. The van der Waals surface area contributed by atoms with Crippen LogP contribution in [-0.4, -0.2) is 0 Å². The van der Waals surface area contributed by atoms with Crippen molar-refractivity contribution in [3.8, 4) is 0 Å². The van der Waals surface area contributed by atoms with Gasteiger partial charge in [0.05, 0.1) is 0 Å². The zero-order chi connectivity index (χ0) is 20.4. The summed E-state index contributed by atoms with van der Waals surface area (Å²) in [4.78, 5) is 0. The Bertz CT molecular complexity index is 278. The van der Waals surface area contributed by atoms with Crippen LogP contribution in [0, 0.1) is 0 Å². The molecule has 0 bridgehead atoms. The summed E-state index contributed by atoms with van der Waals surface area (Å²) in [5.41, 5.74) is 0. The highest BCUT2D eigenvalue weighted by Gasteiger charge is 1.95. The molecule has 0 aromatic heterocycles. The Balaban J connectivity index is 3.01. The molecule has 0 amide bonds. The minimum Gasteiger partial charge on any atom is -0.0885 e. The smallest absolute Gasteiger partial charge is 0.0351 e. The summed E-state index contributed by atoms with van der Waals surface area (Å²) >= 11 is 0. The van der Waals surface area contributed by atoms with Crippen LogP contribution < -0.4 is 0 Å². The summed E-state index contributed by atoms with van der Waals surface area (Å²) in [6, 6.07) is 0. The Morgan fingerprint density at radius 2 is 0.500 bits per heavy atom. The van der Waals surface area contributed by atoms with Crippen LogP contribution in [0.15, 0.2) is 12.2 Å². The second kappa shape index (κ2) is 26.7. The lowest BCUT2D eigenvalue weighted by Gasteiger charge is -2.03. The molecular formula is C28H56. The molecule has 0 N–H and O–H groups in total. The summed E-state index contributed by atoms with van der Waals surface area (Å²) in [6.07, 6.45) is 39.4. The zero-order valence-corrected chi connectivity index (χ0v) is 20.1. The molecule has 0 aliphatic heterocycles. The van der Waals surface area contributed by atoms with E-state index in [1.807, 2.05) is 0 Å². The predicted molar refractivity (Wildman–Crippen MR) is 131 cm³/mol. The van der Waals surface area contributed by atoms with Crippen molar-refractivity contribution < 1.29 is 0 Å². The van der Waals surface area contributed by atoms with Crippen molar-refractivity contribution in [2.24, 2.45) is 0 Å². The molecule has 0 aliphatic rings. The highest BCUT2D eigenvalue weighted by molar-refractivity contribution is 4.81. The van der Waals surface area contributed by atoms with Crippen molar-refractivity contribution in [3.05, 3.63) is 12.2 Å². The average Bonchev–Trinajstić information content (AvgIpc) is 2.71. The molecule has 0 radical (unpaired) electrons. The highest BCUT2D eigenvalue weighted by Crippen LogP contribution is 2.15. The fraction of sp³-hybridized carbons (Fsp3) is 0.929. The Morgan fingerprint density at radius 3 is 0.821 bits per heavy atom. The Morgan fingerprint density at radius 1 is 0.286 bits per heavy atom. The molecule has 0 aliphatic carbocycles. The third-order valence-corrected chi connectivity index (χ3v) is 6.12. The quantitative estimate of drug-likeness (QED) is 0.113. The van der Waals surface area contributed by atoms with E-state index in [1.54, 1.807) is 0 Å². The zero-order valence-electron chi connectivity index (χ0n) is 20.1. The molecule has 0 nitrogen and oxygen atoms in total. The van der Waals surface area contributed by atoms with E-state index in [9.17, 15) is 0 Å². The molecule has 0 saturated heterocycles. The SMILES string of the molecule is CCCCC/C=C/CCCCCCCCCCCCCCCCCCCCC. The minimum absolute atomic E-state index is 1.30. The van der Waals surface area contributed by atoms with Crippen molar-refractivity contribution in [2.75, 3.05) is 0 Å². The number of hydrogen-bond donors (Lipinski definition) is 0. The monoisotopic (exact) mass is 392 g/mol. The maximum Gasteiger partial charge on any atom is -0.0351 e. The first kappa shape index (κ1) is 27.7. The molecule has 0 aromatic carbocycles. The van der Waals surface area contributed by atoms with Crippen LogP contribution in [0.5, 0.6) is 0 Å². The van der Waals surface area contributed by atoms with Crippen LogP contribution in [0.3, 0.4) is 0 Å². The molecule has 0 heteroatoms. The van der Waals surface area contributed by atoms with E-state index in [0.717, 1.165) is 0 Å². The van der Waals surface area contributed by atoms with Crippen molar-refractivity contribution >= 4 is 0 Å². The van der Waals surface area contributed by atoms with E-state index >= 15 is 0 Å². The number of allylic oxidation sites excluding steroid dienone is 2. The molecule has 0 heterocycles. The van der Waals surface area contributed by atoms with E-state index < -0.39 is 0 Å². The summed E-state index contributed by atoms with van der Waals surface area (Å²) < 4.78 is 0. The molecular weight excluding hydrogens is 336 g/mol. The molecule has 0 spiro atoms. The molecule has 28 heavy (non-hydrogen) atoms. The second-order valence-corrected chi connectivity index (χ2v) is 9.12. The third-order valence-electron chi connectivity index (χ3n) is 6.12. The van der Waals surface area contributed by atoms with Gasteiger partial charge in [0.2, 0.25) is 0 Å². The molecule has 168 valence electrons. The summed E-state index contributed by atoms with van der Waals surface area (Å²) in [6.45, 7) is 4.58. The fourth-order valence-corrected chi connectivity index (χ4v) is 4.09. The number of unbranched alkanes of at least 4 members (excludes halogenated alkanes) is 22. The molecule has 0 atom stereocenters. The van der Waals surface area contributed by atoms with Crippen molar-refractivity contribution in [1.29, 1.82) is 0 Å². The van der Waals surface area contributed by atoms with Gasteiger partial charge in [0.25, 0.3) is 0 Å². The van der Waals surface area contributed by atoms with Crippen molar-refractivity contribution in [2.45, 2.75) is 168 Å². The Labute approximate surface area is 180 Å². The first-order valence-electron chi connectivity index (χ1n) is 13.6. The van der Waals surface area contributed by atoms with Crippen LogP contribution >= 0.6 is 0 Å². The van der Waals surface area contributed by atoms with Gasteiger partial charge in [-0.05, 0) is 25.7 Å². The number of hydrogen-bond acceptors (Lipinski definition) is 0. The first-order chi connectivity index (χ1) is 13.9. The maximum atomic E-state index is 2.42. The van der Waals surface area contributed by atoms with Crippen molar-refractivity contribution in [3.63, 3.8) is 0 Å². The Kier molecular flexibility index (Phi) is 26.5. The highest BCUT2D eigenvalue weighted by atomic mass is 14.0. The van der Waals surface area contributed by atoms with Crippen molar-refractivity contribution in [1.82, 2.24) is 0 Å². The van der Waals surface area contributed by atoms with E-state index in [2.05, 4.69) is 26.0 Å². The van der Waals surface area contributed by atoms with Crippen LogP contribution in [0.1, 0.15) is 168 Å². The largest absolute Gasteiger partial charge is 0.0885 e. The van der Waals surface area contributed by atoms with Gasteiger partial charge in [-0.3, -0.25) is 0 Å². The summed E-state index contributed by atoms with van der Waals surface area (Å²) in [7, 11) is 0. The molecule has 0 saturated carbocycles. The predicted octanol–water partition coefficient (Wildman–Crippen LogP) is 10.9. The average molecular weight is 393 g/mol. The van der Waals surface area contributed by atoms with Crippen LogP contribution in [0.4, 0.5) is 0 Å². The lowest BCUT2D eigenvalue weighted by molar-refractivity contribution is 0.523. The second-order valence-electron chi connectivity index (χ2n) is 9.12. The maximum absolute atomic E-state index is 2.42. The standard InChI is InChI=1S/C28H56/c1-3-5-7-9-11-13-15-17-19-21-23-25-27-28-26-24-22-20-18-16-14-12-10-8-6-4-2/h11,13H,3-10,12,14-28H2,1-2H3/b13-11+. The van der Waals surface area contributed by atoms with E-state index in [1.165, 1.54) is 154 Å². The fourth-order valence-electron chi connectivity index (χ4n) is 4.09. The van der Waals surface area contributed by atoms with Gasteiger partial charge in [-0.25, -0.2) is 0 Å². The van der Waals surface area contributed by atoms with Gasteiger partial charge in [0.15, 0.2) is 0 Å². The van der Waals surface area contributed by atoms with Crippen LogP contribution in [0.25, 0.3) is 0 Å². The van der Waals surface area contributed by atoms with E-state index in [-0.39, 0.29) is 0 Å². The van der Waals surface area contributed by atoms with Gasteiger partial charge < -0.3 is 0 Å². The third kappa shape index (κ3) is 25.7. The Hall–Kier alpha value is -0.260. The molecule has 0 aromatic rings. The number of rotatable bonds is 24. The topological polar surface area (TPSA) is 0 Å². The first-order valence-corrected chi connectivity index (χ1v) is 13.6. The normalized spacial score (nSPS) is 11.6. The summed E-state index contributed by atoms with van der Waals surface area (Å²) in [5.74, 6) is 0. The lowest BCUT2D eigenvalue weighted by atomic mass is 10.0. The van der Waals surface area contributed by atoms with Gasteiger partial charge >= 0.3 is 0 Å². The summed E-state index contributed by atoms with van der Waals surface area (Å²) in [5, 5.41) is 0. The molecule has 0 fully saturated rings. The van der Waals surface area contributed by atoms with E-state index in [4.69, 9.17) is 0 Å². The van der Waals surface area contributed by atoms with E-state index in [0.29, 0.717) is 0 Å². The van der Waals surface area contributed by atoms with Gasteiger partial charge in [0.1, 0.15) is 0 Å². The van der Waals surface area contributed by atoms with Gasteiger partial charge in [-0.2, -0.15) is 0 Å². The lowest BCUT2D eigenvalue weighted by Crippen LogP contribution is -1.84. The molecule has 0 rings (SSSR count). The van der Waals surface area contributed by atoms with Gasteiger partial charge in [0, 0.05) is 0 Å². The van der Waals surface area contributed by atoms with Gasteiger partial charge in [-0.15, -0.1) is 0 Å². The molecule has 0 unspecified atom stereocenters.